The monoisotopic (exact) mass is 302 g/mol. The number of benzene rings is 1. The molecule has 0 aliphatic carbocycles. The summed E-state index contributed by atoms with van der Waals surface area (Å²) in [6.45, 7) is 4.41. The van der Waals surface area contributed by atoms with E-state index in [-0.39, 0.29) is 18.4 Å². The fourth-order valence-corrected chi connectivity index (χ4v) is 2.06. The highest BCUT2D eigenvalue weighted by molar-refractivity contribution is 5.78. The van der Waals surface area contributed by atoms with Crippen LogP contribution < -0.4 is 11.1 Å². The Morgan fingerprint density at radius 2 is 1.81 bits per heavy atom. The van der Waals surface area contributed by atoms with E-state index < -0.39 is 11.7 Å². The molecule has 1 unspecified atom stereocenters. The van der Waals surface area contributed by atoms with Gasteiger partial charge in [0.1, 0.15) is 0 Å². The molecule has 21 heavy (non-hydrogen) atoms. The van der Waals surface area contributed by atoms with E-state index in [4.69, 9.17) is 5.73 Å². The summed E-state index contributed by atoms with van der Waals surface area (Å²) in [6, 6.07) is 4.51. The first-order valence-electron chi connectivity index (χ1n) is 6.88. The maximum atomic E-state index is 12.4. The van der Waals surface area contributed by atoms with Gasteiger partial charge >= 0.3 is 6.18 Å². The van der Waals surface area contributed by atoms with E-state index in [1.165, 1.54) is 12.1 Å². The predicted octanol–water partition coefficient (Wildman–Crippen LogP) is 2.74. The Labute approximate surface area is 122 Å². The van der Waals surface area contributed by atoms with Crippen LogP contribution in [0.15, 0.2) is 24.3 Å². The molecule has 1 rings (SSSR count). The zero-order chi connectivity index (χ0) is 16.0. The molecule has 6 heteroatoms. The highest BCUT2D eigenvalue weighted by atomic mass is 19.4. The number of nitrogens with two attached hydrogens (primary N) is 1. The molecule has 0 bridgehead atoms. The molecule has 0 aliphatic heterocycles. The van der Waals surface area contributed by atoms with Crippen molar-refractivity contribution in [2.45, 2.75) is 38.9 Å². The molecule has 0 aliphatic rings. The Balaban J connectivity index is 2.58. The van der Waals surface area contributed by atoms with Gasteiger partial charge < -0.3 is 11.1 Å². The van der Waals surface area contributed by atoms with Crippen LogP contribution in [0, 0.1) is 5.92 Å². The molecule has 118 valence electrons. The zero-order valence-electron chi connectivity index (χ0n) is 12.2. The summed E-state index contributed by atoms with van der Waals surface area (Å²) in [5.41, 5.74) is 5.42. The SMILES string of the molecule is CC(C)CC(CN)NC(=O)Cc1ccc(C(F)(F)F)cc1. The van der Waals surface area contributed by atoms with Crippen molar-refractivity contribution in [1.82, 2.24) is 5.32 Å². The highest BCUT2D eigenvalue weighted by Gasteiger charge is 2.29. The second kappa shape index (κ2) is 7.45. The van der Waals surface area contributed by atoms with Crippen LogP contribution in [0.1, 0.15) is 31.4 Å². The molecule has 0 fully saturated rings. The third kappa shape index (κ3) is 6.16. The fourth-order valence-electron chi connectivity index (χ4n) is 2.06. The molecule has 1 aromatic carbocycles. The lowest BCUT2D eigenvalue weighted by Gasteiger charge is -2.18. The van der Waals surface area contributed by atoms with E-state index in [0.29, 0.717) is 18.0 Å². The van der Waals surface area contributed by atoms with Crippen LogP contribution in [0.2, 0.25) is 0 Å². The van der Waals surface area contributed by atoms with Gasteiger partial charge in [0.05, 0.1) is 12.0 Å². The lowest BCUT2D eigenvalue weighted by atomic mass is 10.0. The third-order valence-corrected chi connectivity index (χ3v) is 3.05. The van der Waals surface area contributed by atoms with Crippen molar-refractivity contribution in [3.63, 3.8) is 0 Å². The number of hydrogen-bond acceptors (Lipinski definition) is 2. The minimum atomic E-state index is -4.36. The van der Waals surface area contributed by atoms with Crippen molar-refractivity contribution in [3.8, 4) is 0 Å². The number of rotatable bonds is 6. The van der Waals surface area contributed by atoms with Gasteiger partial charge in [-0.1, -0.05) is 26.0 Å². The molecule has 3 N–H and O–H groups in total. The molecule has 0 spiro atoms. The molecule has 0 aromatic heterocycles. The summed E-state index contributed by atoms with van der Waals surface area (Å²) in [7, 11) is 0. The fraction of sp³-hybridized carbons (Fsp3) is 0.533. The summed E-state index contributed by atoms with van der Waals surface area (Å²) in [5, 5.41) is 2.81. The average Bonchev–Trinajstić information content (AvgIpc) is 2.36. The first-order chi connectivity index (χ1) is 9.72. The van der Waals surface area contributed by atoms with Gasteiger partial charge in [-0.2, -0.15) is 13.2 Å². The van der Waals surface area contributed by atoms with Gasteiger partial charge in [0, 0.05) is 12.6 Å². The predicted molar refractivity (Wildman–Crippen MR) is 75.6 cm³/mol. The van der Waals surface area contributed by atoms with Gasteiger partial charge in [-0.3, -0.25) is 4.79 Å². The molecule has 1 atom stereocenters. The second-order valence-corrected chi connectivity index (χ2v) is 5.50. The summed E-state index contributed by atoms with van der Waals surface area (Å²) < 4.78 is 37.3. The lowest BCUT2D eigenvalue weighted by Crippen LogP contribution is -2.41. The second-order valence-electron chi connectivity index (χ2n) is 5.50. The van der Waals surface area contributed by atoms with Gasteiger partial charge in [0.2, 0.25) is 5.91 Å². The molecule has 0 heterocycles. The molecule has 0 radical (unpaired) electrons. The van der Waals surface area contributed by atoms with Gasteiger partial charge in [0.25, 0.3) is 0 Å². The van der Waals surface area contributed by atoms with Gasteiger partial charge in [-0.25, -0.2) is 0 Å². The van der Waals surface area contributed by atoms with E-state index in [1.54, 1.807) is 0 Å². The van der Waals surface area contributed by atoms with Crippen molar-refractivity contribution in [2.75, 3.05) is 6.54 Å². The van der Waals surface area contributed by atoms with Crippen LogP contribution in [0.4, 0.5) is 13.2 Å². The van der Waals surface area contributed by atoms with E-state index in [2.05, 4.69) is 5.32 Å². The van der Waals surface area contributed by atoms with Gasteiger partial charge in [0.15, 0.2) is 0 Å². The van der Waals surface area contributed by atoms with Crippen LogP contribution in [-0.2, 0) is 17.4 Å². The van der Waals surface area contributed by atoms with Gasteiger partial charge in [-0.05, 0) is 30.0 Å². The topological polar surface area (TPSA) is 55.1 Å². The molecule has 0 saturated carbocycles. The molecular formula is C15H21F3N2O. The Morgan fingerprint density at radius 1 is 1.24 bits per heavy atom. The summed E-state index contributed by atoms with van der Waals surface area (Å²) in [5.74, 6) is 0.177. The minimum Gasteiger partial charge on any atom is -0.352 e. The smallest absolute Gasteiger partial charge is 0.352 e. The first kappa shape index (κ1) is 17.5. The number of nitrogens with one attached hydrogen (secondary N) is 1. The Kier molecular flexibility index (Phi) is 6.20. The van der Waals surface area contributed by atoms with Crippen LogP contribution in [0.25, 0.3) is 0 Å². The number of carbonyl (C=O) groups is 1. The van der Waals surface area contributed by atoms with Crippen molar-refractivity contribution in [3.05, 3.63) is 35.4 Å². The van der Waals surface area contributed by atoms with Crippen molar-refractivity contribution >= 4 is 5.91 Å². The molecule has 3 nitrogen and oxygen atoms in total. The Hall–Kier alpha value is -1.56. The molecular weight excluding hydrogens is 281 g/mol. The van der Waals surface area contributed by atoms with Crippen LogP contribution in [-0.4, -0.2) is 18.5 Å². The van der Waals surface area contributed by atoms with E-state index in [0.717, 1.165) is 18.6 Å². The first-order valence-corrected chi connectivity index (χ1v) is 6.88. The standard InChI is InChI=1S/C15H21F3N2O/c1-10(2)7-13(9-19)20-14(21)8-11-3-5-12(6-4-11)15(16,17)18/h3-6,10,13H,7-9,19H2,1-2H3,(H,20,21). The zero-order valence-corrected chi connectivity index (χ0v) is 12.2. The normalized spacial score (nSPS) is 13.3. The largest absolute Gasteiger partial charge is 0.416 e. The van der Waals surface area contributed by atoms with Crippen LogP contribution >= 0.6 is 0 Å². The van der Waals surface area contributed by atoms with Crippen LogP contribution in [0.5, 0.6) is 0 Å². The van der Waals surface area contributed by atoms with E-state index in [9.17, 15) is 18.0 Å². The van der Waals surface area contributed by atoms with Crippen molar-refractivity contribution < 1.29 is 18.0 Å². The molecule has 1 amide bonds. The number of amides is 1. The van der Waals surface area contributed by atoms with Crippen molar-refractivity contribution in [1.29, 1.82) is 0 Å². The maximum Gasteiger partial charge on any atom is 0.416 e. The Bertz CT molecular complexity index is 455. The Morgan fingerprint density at radius 3 is 2.24 bits per heavy atom. The molecule has 1 aromatic rings. The van der Waals surface area contributed by atoms with E-state index >= 15 is 0 Å². The molecule has 0 saturated heterocycles. The van der Waals surface area contributed by atoms with Gasteiger partial charge in [-0.15, -0.1) is 0 Å². The van der Waals surface area contributed by atoms with Crippen LogP contribution in [0.3, 0.4) is 0 Å². The average molecular weight is 302 g/mol. The minimum absolute atomic E-state index is 0.0483. The maximum absolute atomic E-state index is 12.4. The van der Waals surface area contributed by atoms with E-state index in [1.807, 2.05) is 13.8 Å². The number of carbonyl (C=O) groups excluding carboxylic acids is 1. The number of alkyl halides is 3. The van der Waals surface area contributed by atoms with Crippen molar-refractivity contribution in [2.24, 2.45) is 11.7 Å². The highest BCUT2D eigenvalue weighted by Crippen LogP contribution is 2.29. The number of hydrogen-bond donors (Lipinski definition) is 2. The summed E-state index contributed by atoms with van der Waals surface area (Å²) in [4.78, 5) is 11.9. The number of halogens is 3. The lowest BCUT2D eigenvalue weighted by molar-refractivity contribution is -0.137. The quantitative estimate of drug-likeness (QED) is 0.849. The summed E-state index contributed by atoms with van der Waals surface area (Å²) >= 11 is 0. The third-order valence-electron chi connectivity index (χ3n) is 3.05. The summed E-state index contributed by atoms with van der Waals surface area (Å²) in [6.07, 6.45) is -3.54.